The molecule has 5 nitrogen and oxygen atoms in total. The summed E-state index contributed by atoms with van der Waals surface area (Å²) >= 11 is 0. The zero-order valence-corrected chi connectivity index (χ0v) is 9.73. The number of fused-ring (bicyclic) bond motifs is 1. The van der Waals surface area contributed by atoms with Gasteiger partial charge in [-0.25, -0.2) is 9.78 Å². The zero-order valence-electron chi connectivity index (χ0n) is 9.73. The largest absolute Gasteiger partial charge is 0.477 e. The highest BCUT2D eigenvalue weighted by Gasteiger charge is 2.20. The van der Waals surface area contributed by atoms with Crippen molar-refractivity contribution in [2.45, 2.75) is 19.3 Å². The van der Waals surface area contributed by atoms with E-state index in [2.05, 4.69) is 4.98 Å². The molecule has 5 heteroatoms. The van der Waals surface area contributed by atoms with Crippen LogP contribution < -0.4 is 4.74 Å². The van der Waals surface area contributed by atoms with Crippen molar-refractivity contribution in [2.24, 2.45) is 0 Å². The van der Waals surface area contributed by atoms with E-state index in [0.29, 0.717) is 13.2 Å². The molecule has 1 aromatic heterocycles. The Morgan fingerprint density at radius 3 is 3.00 bits per heavy atom. The van der Waals surface area contributed by atoms with E-state index in [-0.39, 0.29) is 11.4 Å². The van der Waals surface area contributed by atoms with Crippen molar-refractivity contribution in [1.82, 2.24) is 4.98 Å². The molecule has 92 valence electrons. The number of hydrogen-bond acceptors (Lipinski definition) is 4. The van der Waals surface area contributed by atoms with E-state index < -0.39 is 5.97 Å². The average Bonchev–Trinajstić information content (AvgIpc) is 2.75. The predicted octanol–water partition coefficient (Wildman–Crippen LogP) is 1.29. The number of hydrogen-bond donors (Lipinski definition) is 1. The predicted molar refractivity (Wildman–Crippen MR) is 60.6 cm³/mol. The van der Waals surface area contributed by atoms with Crippen molar-refractivity contribution in [2.75, 3.05) is 20.3 Å². The average molecular weight is 237 g/mol. The van der Waals surface area contributed by atoms with Crippen LogP contribution in [-0.4, -0.2) is 36.4 Å². The number of aromatic carboxylic acids is 1. The van der Waals surface area contributed by atoms with Gasteiger partial charge < -0.3 is 14.6 Å². The summed E-state index contributed by atoms with van der Waals surface area (Å²) in [5.74, 6) is -0.796. The van der Waals surface area contributed by atoms with E-state index in [1.54, 1.807) is 13.2 Å². The molecule has 0 aliphatic heterocycles. The third kappa shape index (κ3) is 2.55. The number of methoxy groups -OCH3 is 1. The fourth-order valence-electron chi connectivity index (χ4n) is 1.94. The minimum atomic E-state index is -1.00. The summed E-state index contributed by atoms with van der Waals surface area (Å²) in [7, 11) is 1.57. The number of carboxylic acid groups (broad SMARTS) is 1. The van der Waals surface area contributed by atoms with E-state index in [0.717, 1.165) is 30.5 Å². The topological polar surface area (TPSA) is 68.7 Å². The summed E-state index contributed by atoms with van der Waals surface area (Å²) in [6.45, 7) is 0.723. The summed E-state index contributed by atoms with van der Waals surface area (Å²) in [5.41, 5.74) is 2.13. The van der Waals surface area contributed by atoms with Crippen molar-refractivity contribution < 1.29 is 19.4 Å². The first kappa shape index (κ1) is 11.9. The van der Waals surface area contributed by atoms with Gasteiger partial charge in [-0.05, 0) is 30.9 Å². The highest BCUT2D eigenvalue weighted by molar-refractivity contribution is 5.90. The standard InChI is InChI=1S/C12H15NO4/c1-16-5-6-17-11-9(12(14)15)7-8-3-2-4-10(8)13-11/h7H,2-6H2,1H3,(H,14,15). The highest BCUT2D eigenvalue weighted by Crippen LogP contribution is 2.26. The Hall–Kier alpha value is -1.62. The van der Waals surface area contributed by atoms with Crippen molar-refractivity contribution in [3.05, 3.63) is 22.9 Å². The molecular weight excluding hydrogens is 222 g/mol. The second-order valence-corrected chi connectivity index (χ2v) is 3.95. The fourth-order valence-corrected chi connectivity index (χ4v) is 1.94. The van der Waals surface area contributed by atoms with Crippen molar-refractivity contribution in [3.8, 4) is 5.88 Å². The monoisotopic (exact) mass is 237 g/mol. The van der Waals surface area contributed by atoms with Crippen molar-refractivity contribution in [1.29, 1.82) is 0 Å². The lowest BCUT2D eigenvalue weighted by atomic mass is 10.1. The first-order valence-electron chi connectivity index (χ1n) is 5.60. The van der Waals surface area contributed by atoms with Crippen LogP contribution in [0.1, 0.15) is 28.0 Å². The van der Waals surface area contributed by atoms with Crippen molar-refractivity contribution >= 4 is 5.97 Å². The molecule has 1 aliphatic rings. The van der Waals surface area contributed by atoms with Gasteiger partial charge in [0.1, 0.15) is 12.2 Å². The lowest BCUT2D eigenvalue weighted by Crippen LogP contribution is -2.11. The molecule has 0 saturated heterocycles. The molecule has 0 fully saturated rings. The molecule has 1 aliphatic carbocycles. The molecule has 1 heterocycles. The lowest BCUT2D eigenvalue weighted by molar-refractivity contribution is 0.0688. The van der Waals surface area contributed by atoms with Gasteiger partial charge in [0.25, 0.3) is 0 Å². The zero-order chi connectivity index (χ0) is 12.3. The van der Waals surface area contributed by atoms with Gasteiger partial charge >= 0.3 is 5.97 Å². The molecule has 0 atom stereocenters. The van der Waals surface area contributed by atoms with Crippen LogP contribution in [0.2, 0.25) is 0 Å². The third-order valence-electron chi connectivity index (χ3n) is 2.77. The molecular formula is C12H15NO4. The van der Waals surface area contributed by atoms with E-state index >= 15 is 0 Å². The number of aryl methyl sites for hydroxylation is 2. The SMILES string of the molecule is COCCOc1nc2c(cc1C(=O)O)CCC2. The van der Waals surface area contributed by atoms with Crippen LogP contribution in [0.4, 0.5) is 0 Å². The summed E-state index contributed by atoms with van der Waals surface area (Å²) in [5, 5.41) is 9.10. The van der Waals surface area contributed by atoms with Gasteiger partial charge in [0.2, 0.25) is 5.88 Å². The van der Waals surface area contributed by atoms with Crippen LogP contribution in [0.15, 0.2) is 6.07 Å². The van der Waals surface area contributed by atoms with Crippen LogP contribution >= 0.6 is 0 Å². The quantitative estimate of drug-likeness (QED) is 0.781. The van der Waals surface area contributed by atoms with Gasteiger partial charge in [-0.3, -0.25) is 0 Å². The minimum Gasteiger partial charge on any atom is -0.477 e. The molecule has 0 spiro atoms. The number of ether oxygens (including phenoxy) is 2. The molecule has 0 saturated carbocycles. The van der Waals surface area contributed by atoms with E-state index in [9.17, 15) is 4.79 Å². The van der Waals surface area contributed by atoms with E-state index in [1.165, 1.54) is 0 Å². The smallest absolute Gasteiger partial charge is 0.341 e. The molecule has 2 rings (SSSR count). The fraction of sp³-hybridized carbons (Fsp3) is 0.500. The summed E-state index contributed by atoms with van der Waals surface area (Å²) in [4.78, 5) is 15.4. The Bertz CT molecular complexity index is 431. The van der Waals surface area contributed by atoms with Crippen LogP contribution in [0.5, 0.6) is 5.88 Å². The van der Waals surface area contributed by atoms with Gasteiger partial charge in [-0.15, -0.1) is 0 Å². The number of pyridine rings is 1. The maximum atomic E-state index is 11.1. The molecule has 0 unspecified atom stereocenters. The van der Waals surface area contributed by atoms with Gasteiger partial charge in [-0.2, -0.15) is 0 Å². The molecule has 1 N–H and O–H groups in total. The van der Waals surface area contributed by atoms with Gasteiger partial charge in [0.05, 0.1) is 6.61 Å². The second-order valence-electron chi connectivity index (χ2n) is 3.95. The Morgan fingerprint density at radius 1 is 1.47 bits per heavy atom. The number of aromatic nitrogens is 1. The Kier molecular flexibility index (Phi) is 3.58. The highest BCUT2D eigenvalue weighted by atomic mass is 16.5. The van der Waals surface area contributed by atoms with Gasteiger partial charge in [-0.1, -0.05) is 0 Å². The van der Waals surface area contributed by atoms with Crippen LogP contribution in [0.3, 0.4) is 0 Å². The van der Waals surface area contributed by atoms with Crippen LogP contribution in [0.25, 0.3) is 0 Å². The molecule has 17 heavy (non-hydrogen) atoms. The van der Waals surface area contributed by atoms with Gasteiger partial charge in [0.15, 0.2) is 0 Å². The lowest BCUT2D eigenvalue weighted by Gasteiger charge is -2.09. The Balaban J connectivity index is 2.25. The first-order chi connectivity index (χ1) is 8.22. The van der Waals surface area contributed by atoms with E-state index in [1.807, 2.05) is 0 Å². The maximum absolute atomic E-state index is 11.1. The molecule has 0 aromatic carbocycles. The summed E-state index contributed by atoms with van der Waals surface area (Å²) in [6, 6.07) is 1.68. The third-order valence-corrected chi connectivity index (χ3v) is 2.77. The molecule has 0 radical (unpaired) electrons. The summed E-state index contributed by atoms with van der Waals surface area (Å²) in [6.07, 6.45) is 2.83. The van der Waals surface area contributed by atoms with E-state index in [4.69, 9.17) is 14.6 Å². The Morgan fingerprint density at radius 2 is 2.29 bits per heavy atom. The second kappa shape index (κ2) is 5.14. The molecule has 0 bridgehead atoms. The minimum absolute atomic E-state index is 0.141. The molecule has 0 amide bonds. The summed E-state index contributed by atoms with van der Waals surface area (Å²) < 4.78 is 10.2. The number of rotatable bonds is 5. The maximum Gasteiger partial charge on any atom is 0.341 e. The first-order valence-corrected chi connectivity index (χ1v) is 5.60. The van der Waals surface area contributed by atoms with Gasteiger partial charge in [0, 0.05) is 12.8 Å². The Labute approximate surface area is 99.4 Å². The van der Waals surface area contributed by atoms with Crippen molar-refractivity contribution in [3.63, 3.8) is 0 Å². The van der Waals surface area contributed by atoms with Crippen LogP contribution in [0, 0.1) is 0 Å². The normalized spacial score (nSPS) is 13.5. The van der Waals surface area contributed by atoms with Crippen LogP contribution in [-0.2, 0) is 17.6 Å². The number of nitrogens with zero attached hydrogens (tertiary/aromatic N) is 1. The number of carbonyl (C=O) groups is 1. The number of carboxylic acids is 1. The molecule has 1 aromatic rings.